The number of nitrogens with zero attached hydrogens (tertiary/aromatic N) is 1. The molecule has 33 heavy (non-hydrogen) atoms. The minimum Gasteiger partial charge on any atom is -0.393 e. The van der Waals surface area contributed by atoms with Crippen molar-refractivity contribution in [3.05, 3.63) is 70.8 Å². The Hall–Kier alpha value is -3.19. The third-order valence-corrected chi connectivity index (χ3v) is 7.42. The van der Waals surface area contributed by atoms with E-state index in [1.807, 2.05) is 34.9 Å². The second-order valence-corrected chi connectivity index (χ2v) is 9.17. The van der Waals surface area contributed by atoms with Gasteiger partial charge in [-0.05, 0) is 48.1 Å². The van der Waals surface area contributed by atoms with Gasteiger partial charge in [0.15, 0.2) is 6.23 Å². The SMILES string of the molecule is COC1n2c3ccccc3c3c4c(c(-c5ccccc5C)c(c32)CC[C@]1(O)CO)C(=O)NC4. The summed E-state index contributed by atoms with van der Waals surface area (Å²) in [7, 11) is 1.57. The van der Waals surface area contributed by atoms with Crippen LogP contribution in [-0.4, -0.2) is 40.0 Å². The van der Waals surface area contributed by atoms with Gasteiger partial charge in [0.2, 0.25) is 0 Å². The molecule has 0 bridgehead atoms. The van der Waals surface area contributed by atoms with Gasteiger partial charge < -0.3 is 24.8 Å². The van der Waals surface area contributed by atoms with Crippen LogP contribution in [0.25, 0.3) is 32.9 Å². The normalized spacial score (nSPS) is 21.9. The number of para-hydroxylation sites is 1. The first-order valence-corrected chi connectivity index (χ1v) is 11.3. The van der Waals surface area contributed by atoms with E-state index in [4.69, 9.17) is 4.74 Å². The number of fused-ring (bicyclic) bond motifs is 5. The fourth-order valence-corrected chi connectivity index (χ4v) is 5.92. The van der Waals surface area contributed by atoms with E-state index in [-0.39, 0.29) is 5.91 Å². The summed E-state index contributed by atoms with van der Waals surface area (Å²) in [5, 5.41) is 26.9. The number of hydrogen-bond donors (Lipinski definition) is 3. The molecular weight excluding hydrogens is 416 g/mol. The van der Waals surface area contributed by atoms with Crippen LogP contribution in [0.15, 0.2) is 48.5 Å². The molecule has 4 aromatic rings. The lowest BCUT2D eigenvalue weighted by molar-refractivity contribution is -0.152. The molecule has 0 saturated carbocycles. The largest absolute Gasteiger partial charge is 0.393 e. The van der Waals surface area contributed by atoms with Gasteiger partial charge in [0.1, 0.15) is 5.60 Å². The molecule has 2 atom stereocenters. The average Bonchev–Trinajstić information content (AvgIpc) is 3.33. The highest BCUT2D eigenvalue weighted by Gasteiger charge is 2.44. The predicted molar refractivity (Wildman–Crippen MR) is 127 cm³/mol. The maximum Gasteiger partial charge on any atom is 0.252 e. The molecule has 6 heteroatoms. The predicted octanol–water partition coefficient (Wildman–Crippen LogP) is 3.83. The fraction of sp³-hybridized carbons (Fsp3) is 0.296. The summed E-state index contributed by atoms with van der Waals surface area (Å²) in [6.07, 6.45) is 0.0550. The van der Waals surface area contributed by atoms with Crippen molar-refractivity contribution in [2.24, 2.45) is 0 Å². The topological polar surface area (TPSA) is 83.7 Å². The van der Waals surface area contributed by atoms with Crippen molar-refractivity contribution in [2.45, 2.75) is 38.1 Å². The molecule has 3 heterocycles. The zero-order valence-electron chi connectivity index (χ0n) is 18.7. The number of methoxy groups -OCH3 is 1. The van der Waals surface area contributed by atoms with E-state index in [2.05, 4.69) is 30.4 Å². The number of ether oxygens (including phenoxy) is 1. The van der Waals surface area contributed by atoms with Gasteiger partial charge in [-0.2, -0.15) is 0 Å². The lowest BCUT2D eigenvalue weighted by Gasteiger charge is -2.33. The third kappa shape index (κ3) is 2.63. The van der Waals surface area contributed by atoms with Crippen molar-refractivity contribution in [3.63, 3.8) is 0 Å². The van der Waals surface area contributed by atoms with E-state index >= 15 is 0 Å². The highest BCUT2D eigenvalue weighted by atomic mass is 16.5. The minimum atomic E-state index is -1.46. The molecule has 0 radical (unpaired) electrons. The van der Waals surface area contributed by atoms with Crippen LogP contribution in [0.3, 0.4) is 0 Å². The Morgan fingerprint density at radius 3 is 2.64 bits per heavy atom. The number of carbonyl (C=O) groups is 1. The first kappa shape index (κ1) is 20.4. The van der Waals surface area contributed by atoms with Gasteiger partial charge in [-0.3, -0.25) is 4.79 Å². The molecule has 2 aliphatic rings. The van der Waals surface area contributed by atoms with Crippen LogP contribution in [0.5, 0.6) is 0 Å². The lowest BCUT2D eigenvalue weighted by Crippen LogP contribution is -2.43. The van der Waals surface area contributed by atoms with E-state index in [0.717, 1.165) is 55.2 Å². The molecule has 3 aromatic carbocycles. The number of aromatic nitrogens is 1. The van der Waals surface area contributed by atoms with Crippen molar-refractivity contribution in [2.75, 3.05) is 13.7 Å². The first-order valence-electron chi connectivity index (χ1n) is 11.3. The summed E-state index contributed by atoms with van der Waals surface area (Å²) in [5.41, 5.74) is 6.17. The highest BCUT2D eigenvalue weighted by molar-refractivity contribution is 6.19. The number of aliphatic hydroxyl groups excluding tert-OH is 1. The molecule has 0 saturated heterocycles. The summed E-state index contributed by atoms with van der Waals surface area (Å²) in [4.78, 5) is 13.2. The van der Waals surface area contributed by atoms with E-state index < -0.39 is 18.4 Å². The Kier molecular flexibility index (Phi) is 4.43. The summed E-state index contributed by atoms with van der Waals surface area (Å²) in [6, 6.07) is 16.1. The van der Waals surface area contributed by atoms with Gasteiger partial charge in [0.05, 0.1) is 23.2 Å². The van der Waals surface area contributed by atoms with Gasteiger partial charge in [0, 0.05) is 30.0 Å². The van der Waals surface area contributed by atoms with Crippen molar-refractivity contribution in [1.82, 2.24) is 9.88 Å². The second kappa shape index (κ2) is 7.15. The van der Waals surface area contributed by atoms with Crippen LogP contribution in [0.2, 0.25) is 0 Å². The lowest BCUT2D eigenvalue weighted by atomic mass is 9.84. The number of hydrogen-bond acceptors (Lipinski definition) is 4. The Morgan fingerprint density at radius 1 is 1.12 bits per heavy atom. The van der Waals surface area contributed by atoms with Crippen LogP contribution < -0.4 is 5.32 Å². The highest BCUT2D eigenvalue weighted by Crippen LogP contribution is 2.49. The number of carbonyl (C=O) groups excluding carboxylic acids is 1. The van der Waals surface area contributed by atoms with E-state index in [0.29, 0.717) is 19.4 Å². The zero-order chi connectivity index (χ0) is 22.9. The molecule has 6 rings (SSSR count). The summed E-state index contributed by atoms with van der Waals surface area (Å²) >= 11 is 0. The molecule has 0 fully saturated rings. The second-order valence-electron chi connectivity index (χ2n) is 9.17. The standard InChI is InChI=1S/C27H26N2O4/c1-15-7-3-4-8-16(15)21-18-11-12-27(32,14-30)26(33-2)29-20-10-6-5-9-17(20)22(24(18)29)19-13-28-25(31)23(19)21/h3-10,26,30,32H,11-14H2,1-2H3,(H,28,31)/t26?,27-/m0/s1. The number of aryl methyl sites for hydroxylation is 2. The Labute approximate surface area is 191 Å². The zero-order valence-corrected chi connectivity index (χ0v) is 18.7. The molecule has 1 aromatic heterocycles. The first-order chi connectivity index (χ1) is 16.0. The monoisotopic (exact) mass is 442 g/mol. The minimum absolute atomic E-state index is 0.0665. The summed E-state index contributed by atoms with van der Waals surface area (Å²) < 4.78 is 7.91. The molecule has 6 nitrogen and oxygen atoms in total. The number of rotatable bonds is 3. The smallest absolute Gasteiger partial charge is 0.252 e. The van der Waals surface area contributed by atoms with E-state index in [9.17, 15) is 15.0 Å². The molecule has 1 amide bonds. The van der Waals surface area contributed by atoms with E-state index in [1.54, 1.807) is 7.11 Å². The van der Waals surface area contributed by atoms with Crippen LogP contribution in [0.1, 0.15) is 39.7 Å². The fourth-order valence-electron chi connectivity index (χ4n) is 5.92. The number of aliphatic hydroxyl groups is 2. The number of amides is 1. The van der Waals surface area contributed by atoms with Crippen molar-refractivity contribution in [3.8, 4) is 11.1 Å². The summed E-state index contributed by atoms with van der Waals surface area (Å²) in [5.74, 6) is -0.0665. The quantitative estimate of drug-likeness (QED) is 0.450. The van der Waals surface area contributed by atoms with E-state index in [1.165, 1.54) is 0 Å². The number of nitrogens with one attached hydrogen (secondary N) is 1. The van der Waals surface area contributed by atoms with Crippen LogP contribution in [0.4, 0.5) is 0 Å². The molecular formula is C27H26N2O4. The third-order valence-electron chi connectivity index (χ3n) is 7.42. The maximum absolute atomic E-state index is 13.2. The molecule has 0 spiro atoms. The van der Waals surface area contributed by atoms with Crippen LogP contribution in [0, 0.1) is 6.92 Å². The van der Waals surface area contributed by atoms with Crippen LogP contribution in [-0.2, 0) is 17.7 Å². The van der Waals surface area contributed by atoms with Gasteiger partial charge in [0.25, 0.3) is 5.91 Å². The average molecular weight is 443 g/mol. The van der Waals surface area contributed by atoms with Crippen molar-refractivity contribution in [1.29, 1.82) is 0 Å². The van der Waals surface area contributed by atoms with Crippen molar-refractivity contribution < 1.29 is 19.7 Å². The molecule has 3 N–H and O–H groups in total. The Bertz CT molecular complexity index is 1450. The molecule has 1 unspecified atom stereocenters. The summed E-state index contributed by atoms with van der Waals surface area (Å²) in [6.45, 7) is 2.09. The molecule has 2 aliphatic heterocycles. The van der Waals surface area contributed by atoms with Gasteiger partial charge in [-0.1, -0.05) is 42.5 Å². The van der Waals surface area contributed by atoms with Crippen LogP contribution >= 0.6 is 0 Å². The molecule has 168 valence electrons. The van der Waals surface area contributed by atoms with Gasteiger partial charge >= 0.3 is 0 Å². The number of benzene rings is 3. The van der Waals surface area contributed by atoms with Crippen molar-refractivity contribution >= 4 is 27.7 Å². The van der Waals surface area contributed by atoms with Gasteiger partial charge in [-0.25, -0.2) is 0 Å². The Morgan fingerprint density at radius 2 is 1.88 bits per heavy atom. The van der Waals surface area contributed by atoms with Gasteiger partial charge in [-0.15, -0.1) is 0 Å². The Balaban J connectivity index is 1.88. The maximum atomic E-state index is 13.2. The molecule has 0 aliphatic carbocycles.